The Labute approximate surface area is 221 Å². The largest absolute Gasteiger partial charge is 0.497 e. The lowest BCUT2D eigenvalue weighted by molar-refractivity contribution is -0.123. The highest BCUT2D eigenvalue weighted by atomic mass is 35.5. The number of carbonyl (C=O) groups is 1. The SMILES string of the molecule is COc1ccc(NS(=O)(=O)c2ccc(OCC(=O)NCc3ccc(S(=O)(=O)N(C)C)cc3)c(Cl)c2)cc1. The van der Waals surface area contributed by atoms with Crippen molar-refractivity contribution in [3.8, 4) is 11.5 Å². The highest BCUT2D eigenvalue weighted by Gasteiger charge is 2.18. The number of benzene rings is 3. The molecule has 3 rings (SSSR count). The molecule has 0 fully saturated rings. The van der Waals surface area contributed by atoms with Crippen LogP contribution < -0.4 is 19.5 Å². The van der Waals surface area contributed by atoms with Crippen molar-refractivity contribution in [3.05, 3.63) is 77.3 Å². The van der Waals surface area contributed by atoms with Gasteiger partial charge in [0.2, 0.25) is 10.0 Å². The molecule has 0 heterocycles. The van der Waals surface area contributed by atoms with Gasteiger partial charge in [0, 0.05) is 26.3 Å². The molecular weight excluding hydrogens is 542 g/mol. The van der Waals surface area contributed by atoms with Crippen LogP contribution >= 0.6 is 11.6 Å². The van der Waals surface area contributed by atoms with Gasteiger partial charge in [-0.1, -0.05) is 23.7 Å². The topological polar surface area (TPSA) is 131 Å². The van der Waals surface area contributed by atoms with E-state index in [0.717, 1.165) is 4.31 Å². The van der Waals surface area contributed by atoms with E-state index in [4.69, 9.17) is 21.1 Å². The third-order valence-corrected chi connectivity index (χ3v) is 8.61. The quantitative estimate of drug-likeness (QED) is 0.364. The Balaban J connectivity index is 1.55. The fraction of sp³-hybridized carbons (Fsp3) is 0.208. The molecule has 1 amide bonds. The molecule has 3 aromatic carbocycles. The summed E-state index contributed by atoms with van der Waals surface area (Å²) < 4.78 is 63.6. The first-order valence-electron chi connectivity index (χ1n) is 10.8. The number of amides is 1. The van der Waals surface area contributed by atoms with Crippen molar-refractivity contribution < 1.29 is 31.1 Å². The van der Waals surface area contributed by atoms with Crippen LogP contribution in [0, 0.1) is 0 Å². The van der Waals surface area contributed by atoms with Gasteiger partial charge in [-0.05, 0) is 60.2 Å². The van der Waals surface area contributed by atoms with Crippen LogP contribution in [-0.4, -0.2) is 54.9 Å². The zero-order valence-electron chi connectivity index (χ0n) is 20.3. The molecule has 0 spiro atoms. The van der Waals surface area contributed by atoms with E-state index in [9.17, 15) is 21.6 Å². The molecule has 0 aliphatic rings. The number of carbonyl (C=O) groups excluding carboxylic acids is 1. The number of methoxy groups -OCH3 is 1. The molecule has 0 aromatic heterocycles. The van der Waals surface area contributed by atoms with Gasteiger partial charge in [0.1, 0.15) is 11.5 Å². The van der Waals surface area contributed by atoms with Gasteiger partial charge < -0.3 is 14.8 Å². The molecular formula is C24H26ClN3O7S2. The number of rotatable bonds is 11. The van der Waals surface area contributed by atoms with Crippen molar-refractivity contribution in [2.45, 2.75) is 16.3 Å². The Hall–Kier alpha value is -3.32. The maximum Gasteiger partial charge on any atom is 0.261 e. The Morgan fingerprint density at radius 1 is 0.919 bits per heavy atom. The van der Waals surface area contributed by atoms with Crippen molar-refractivity contribution >= 4 is 43.2 Å². The molecule has 0 aliphatic carbocycles. The summed E-state index contributed by atoms with van der Waals surface area (Å²) in [6, 6.07) is 16.4. The fourth-order valence-corrected chi connectivity index (χ4v) is 5.31. The predicted octanol–water partition coefficient (Wildman–Crippen LogP) is 3.09. The van der Waals surface area contributed by atoms with Crippen LogP contribution in [0.3, 0.4) is 0 Å². The number of anilines is 1. The first-order chi connectivity index (χ1) is 17.4. The van der Waals surface area contributed by atoms with E-state index in [0.29, 0.717) is 17.0 Å². The number of halogens is 1. The predicted molar refractivity (Wildman–Crippen MR) is 140 cm³/mol. The highest BCUT2D eigenvalue weighted by Crippen LogP contribution is 2.28. The number of ether oxygens (including phenoxy) is 2. The van der Waals surface area contributed by atoms with E-state index < -0.39 is 26.0 Å². The maximum atomic E-state index is 12.7. The van der Waals surface area contributed by atoms with E-state index in [1.165, 1.54) is 51.5 Å². The van der Waals surface area contributed by atoms with Crippen molar-refractivity contribution in [2.24, 2.45) is 0 Å². The summed E-state index contributed by atoms with van der Waals surface area (Å²) in [7, 11) is -3.04. The Kier molecular flexibility index (Phi) is 9.02. The van der Waals surface area contributed by atoms with E-state index in [-0.39, 0.29) is 33.7 Å². The zero-order valence-corrected chi connectivity index (χ0v) is 22.7. The van der Waals surface area contributed by atoms with Crippen LogP contribution in [0.5, 0.6) is 11.5 Å². The van der Waals surface area contributed by atoms with Gasteiger partial charge in [0.25, 0.3) is 15.9 Å². The average molecular weight is 568 g/mol. The Morgan fingerprint density at radius 2 is 1.54 bits per heavy atom. The summed E-state index contributed by atoms with van der Waals surface area (Å²) in [6.45, 7) is -0.199. The lowest BCUT2D eigenvalue weighted by atomic mass is 10.2. The third-order valence-electron chi connectivity index (χ3n) is 5.11. The van der Waals surface area contributed by atoms with Crippen molar-refractivity contribution in [2.75, 3.05) is 32.5 Å². The molecule has 0 radical (unpaired) electrons. The second kappa shape index (κ2) is 11.8. The highest BCUT2D eigenvalue weighted by molar-refractivity contribution is 7.92. The average Bonchev–Trinajstić information content (AvgIpc) is 2.87. The van der Waals surface area contributed by atoms with Crippen LogP contribution in [-0.2, 0) is 31.4 Å². The van der Waals surface area contributed by atoms with Crippen LogP contribution in [0.15, 0.2) is 76.5 Å². The summed E-state index contributed by atoms with van der Waals surface area (Å²) in [6.07, 6.45) is 0. The van der Waals surface area contributed by atoms with Crippen LogP contribution in [0.1, 0.15) is 5.56 Å². The van der Waals surface area contributed by atoms with Gasteiger partial charge in [-0.25, -0.2) is 21.1 Å². The minimum Gasteiger partial charge on any atom is -0.497 e. The number of nitrogens with one attached hydrogen (secondary N) is 2. The summed E-state index contributed by atoms with van der Waals surface area (Å²) in [4.78, 5) is 12.3. The summed E-state index contributed by atoms with van der Waals surface area (Å²) in [5, 5.41) is 2.68. The van der Waals surface area contributed by atoms with Gasteiger partial charge in [-0.2, -0.15) is 0 Å². The standard InChI is InChI=1S/C24H26ClN3O7S2/c1-28(2)37(32,33)20-10-4-17(5-11-20)15-26-24(29)16-35-23-13-12-21(14-22(23)25)36(30,31)27-18-6-8-19(34-3)9-7-18/h4-14,27H,15-16H2,1-3H3,(H,26,29). The van der Waals surface area contributed by atoms with E-state index >= 15 is 0 Å². The molecule has 0 bridgehead atoms. The molecule has 3 aromatic rings. The minimum absolute atomic E-state index is 0.0168. The van der Waals surface area contributed by atoms with Crippen molar-refractivity contribution in [3.63, 3.8) is 0 Å². The van der Waals surface area contributed by atoms with Gasteiger partial charge in [-0.15, -0.1) is 0 Å². The van der Waals surface area contributed by atoms with Crippen LogP contribution in [0.2, 0.25) is 5.02 Å². The minimum atomic E-state index is -3.91. The molecule has 0 saturated heterocycles. The summed E-state index contributed by atoms with van der Waals surface area (Å²) in [5.41, 5.74) is 1.05. The molecule has 13 heteroatoms. The number of nitrogens with zero attached hydrogens (tertiary/aromatic N) is 1. The first kappa shape index (κ1) is 28.3. The van der Waals surface area contributed by atoms with Gasteiger partial charge in [0.15, 0.2) is 6.61 Å². The number of sulfonamides is 2. The summed E-state index contributed by atoms with van der Waals surface area (Å²) >= 11 is 6.19. The molecule has 37 heavy (non-hydrogen) atoms. The molecule has 198 valence electrons. The normalized spacial score (nSPS) is 11.7. The first-order valence-corrected chi connectivity index (χ1v) is 14.1. The zero-order chi connectivity index (χ0) is 27.2. The molecule has 0 unspecified atom stereocenters. The fourth-order valence-electron chi connectivity index (χ4n) is 3.02. The Bertz CT molecular complexity index is 1460. The molecule has 0 saturated carbocycles. The van der Waals surface area contributed by atoms with Gasteiger partial charge in [0.05, 0.1) is 21.9 Å². The lowest BCUT2D eigenvalue weighted by Gasteiger charge is -2.13. The second-order valence-electron chi connectivity index (χ2n) is 7.92. The van der Waals surface area contributed by atoms with Crippen LogP contribution in [0.4, 0.5) is 5.69 Å². The third kappa shape index (κ3) is 7.35. The Morgan fingerprint density at radius 3 is 2.11 bits per heavy atom. The molecule has 2 N–H and O–H groups in total. The van der Waals surface area contributed by atoms with Crippen LogP contribution in [0.25, 0.3) is 0 Å². The lowest BCUT2D eigenvalue weighted by Crippen LogP contribution is -2.28. The van der Waals surface area contributed by atoms with Crippen molar-refractivity contribution in [1.29, 1.82) is 0 Å². The van der Waals surface area contributed by atoms with E-state index in [1.54, 1.807) is 36.4 Å². The molecule has 10 nitrogen and oxygen atoms in total. The molecule has 0 atom stereocenters. The number of hydrogen-bond donors (Lipinski definition) is 2. The van der Waals surface area contributed by atoms with E-state index in [1.807, 2.05) is 0 Å². The molecule has 0 aliphatic heterocycles. The smallest absolute Gasteiger partial charge is 0.261 e. The summed E-state index contributed by atoms with van der Waals surface area (Å²) in [5.74, 6) is 0.280. The number of hydrogen-bond acceptors (Lipinski definition) is 7. The van der Waals surface area contributed by atoms with E-state index in [2.05, 4.69) is 10.0 Å². The maximum absolute atomic E-state index is 12.7. The van der Waals surface area contributed by atoms with Gasteiger partial charge >= 0.3 is 0 Å². The monoisotopic (exact) mass is 567 g/mol. The van der Waals surface area contributed by atoms with Gasteiger partial charge in [-0.3, -0.25) is 9.52 Å². The van der Waals surface area contributed by atoms with Crippen molar-refractivity contribution in [1.82, 2.24) is 9.62 Å². The second-order valence-corrected chi connectivity index (χ2v) is 12.2.